The van der Waals surface area contributed by atoms with Crippen LogP contribution < -0.4 is 0 Å². The second-order valence-electron chi connectivity index (χ2n) is 0.355. The maximum atomic E-state index is 10.6. The maximum Gasteiger partial charge on any atom is 0.543 e. The summed E-state index contributed by atoms with van der Waals surface area (Å²) >= 11 is 4.23. The Hall–Kier alpha value is -0.200. The van der Waals surface area contributed by atoms with Crippen LogP contribution in [0.2, 0.25) is 0 Å². The summed E-state index contributed by atoms with van der Waals surface area (Å²) in [6.07, 6.45) is 0.543. The summed E-state index contributed by atoms with van der Waals surface area (Å²) in [5, 5.41) is -1.44. The minimum Gasteiger partial charge on any atom is -0.132 e. The highest BCUT2D eigenvalue weighted by Crippen LogP contribution is 1.98. The Morgan fingerprint density at radius 3 is 2.00 bits per heavy atom. The van der Waals surface area contributed by atoms with E-state index in [4.69, 9.17) is 0 Å². The van der Waals surface area contributed by atoms with Crippen LogP contribution in [0.3, 0.4) is 0 Å². The van der Waals surface area contributed by atoms with Crippen molar-refractivity contribution in [2.75, 3.05) is 0 Å². The SMILES string of the molecule is F[C+]=C(F)Cl. The fourth-order valence-corrected chi connectivity index (χ4v) is 0. The molecular formula is C2ClF2+. The minimum absolute atomic E-state index is 0.543. The third-order valence-corrected chi connectivity index (χ3v) is 0.143. The smallest absolute Gasteiger partial charge is 0.132 e. The van der Waals surface area contributed by atoms with Crippen LogP contribution in [0.5, 0.6) is 0 Å². The maximum absolute atomic E-state index is 10.6. The van der Waals surface area contributed by atoms with Gasteiger partial charge in [-0.1, -0.05) is 0 Å². The Kier molecular flexibility index (Phi) is 1.98. The van der Waals surface area contributed by atoms with E-state index in [9.17, 15) is 8.78 Å². The van der Waals surface area contributed by atoms with Gasteiger partial charge in [-0.15, -0.1) is 4.39 Å². The number of halogens is 3. The van der Waals surface area contributed by atoms with Crippen molar-refractivity contribution in [1.82, 2.24) is 0 Å². The van der Waals surface area contributed by atoms with Gasteiger partial charge < -0.3 is 0 Å². The minimum atomic E-state index is -1.44. The van der Waals surface area contributed by atoms with Crippen molar-refractivity contribution in [1.29, 1.82) is 0 Å². The van der Waals surface area contributed by atoms with Crippen molar-refractivity contribution < 1.29 is 8.78 Å². The van der Waals surface area contributed by atoms with E-state index in [1.807, 2.05) is 0 Å². The zero-order valence-electron chi connectivity index (χ0n) is 2.13. The fourth-order valence-electron chi connectivity index (χ4n) is 0. The summed E-state index contributed by atoms with van der Waals surface area (Å²) in [6, 6.07) is 0. The largest absolute Gasteiger partial charge is 0.543 e. The van der Waals surface area contributed by atoms with Crippen molar-refractivity contribution in [3.8, 4) is 0 Å². The summed E-state index contributed by atoms with van der Waals surface area (Å²) in [6.45, 7) is 0. The van der Waals surface area contributed by atoms with Gasteiger partial charge in [0.05, 0.1) is 4.39 Å². The van der Waals surface area contributed by atoms with Crippen LogP contribution in [0.15, 0.2) is 5.29 Å². The molecule has 0 aromatic carbocycles. The van der Waals surface area contributed by atoms with Gasteiger partial charge in [-0.3, -0.25) is 0 Å². The Balaban J connectivity index is 3.14. The molecule has 0 rings (SSSR count). The molecule has 5 heavy (non-hydrogen) atoms. The van der Waals surface area contributed by atoms with E-state index in [2.05, 4.69) is 11.6 Å². The highest BCUT2D eigenvalue weighted by molar-refractivity contribution is 6.27. The van der Waals surface area contributed by atoms with Crippen molar-refractivity contribution in [2.45, 2.75) is 0 Å². The highest BCUT2D eigenvalue weighted by Gasteiger charge is 2.00. The highest BCUT2D eigenvalue weighted by atomic mass is 35.5. The summed E-state index contributed by atoms with van der Waals surface area (Å²) in [4.78, 5) is 0. The monoisotopic (exact) mass is 97.0 g/mol. The molecule has 0 spiro atoms. The number of rotatable bonds is 0. The Morgan fingerprint density at radius 1 is 1.80 bits per heavy atom. The third kappa shape index (κ3) is 3.80. The molecule has 0 heterocycles. The average Bonchev–Trinajstić information content (AvgIpc) is 1.38. The van der Waals surface area contributed by atoms with Crippen LogP contribution >= 0.6 is 11.6 Å². The Morgan fingerprint density at radius 2 is 2.00 bits per heavy atom. The van der Waals surface area contributed by atoms with E-state index in [1.165, 1.54) is 0 Å². The molecule has 0 saturated carbocycles. The van der Waals surface area contributed by atoms with E-state index < -0.39 is 5.29 Å². The lowest BCUT2D eigenvalue weighted by molar-refractivity contribution is 0.601. The van der Waals surface area contributed by atoms with E-state index in [1.54, 1.807) is 0 Å². The van der Waals surface area contributed by atoms with Crippen LogP contribution in [0.1, 0.15) is 0 Å². The van der Waals surface area contributed by atoms with E-state index in [0.717, 1.165) is 0 Å². The van der Waals surface area contributed by atoms with Gasteiger partial charge in [0.2, 0.25) is 0 Å². The predicted octanol–water partition coefficient (Wildman–Crippen LogP) is 1.77. The van der Waals surface area contributed by atoms with Gasteiger partial charge in [-0.05, 0) is 0 Å². The predicted molar refractivity (Wildman–Crippen MR) is 14.8 cm³/mol. The number of hydrogen-bond acceptors (Lipinski definition) is 0. The molecule has 0 radical (unpaired) electrons. The Bertz CT molecular complexity index is 45.6. The lowest BCUT2D eigenvalue weighted by Crippen LogP contribution is -1.40. The fraction of sp³-hybridized carbons (Fsp3) is 0. The molecule has 0 atom stereocenters. The standard InChI is InChI=1S/C2ClF2/c3-2(5)1-4/q+1. The second-order valence-corrected chi connectivity index (χ2v) is 0.687. The lowest BCUT2D eigenvalue weighted by atomic mass is 11.2. The lowest BCUT2D eigenvalue weighted by Gasteiger charge is -1.40. The molecule has 0 aliphatic rings. The van der Waals surface area contributed by atoms with E-state index >= 15 is 0 Å². The van der Waals surface area contributed by atoms with Gasteiger partial charge >= 0.3 is 11.6 Å². The van der Waals surface area contributed by atoms with Gasteiger partial charge in [-0.25, -0.2) is 0 Å². The average molecular weight is 97.5 g/mol. The molecule has 0 aliphatic heterocycles. The third-order valence-electron chi connectivity index (χ3n) is 0.0714. The molecule has 0 aromatic rings. The van der Waals surface area contributed by atoms with Crippen LogP contribution in [0.4, 0.5) is 8.78 Å². The first-order valence-corrected chi connectivity index (χ1v) is 1.19. The first kappa shape index (κ1) is 4.80. The number of hydrogen-bond donors (Lipinski definition) is 0. The summed E-state index contributed by atoms with van der Waals surface area (Å²) in [5.74, 6) is 0. The first-order chi connectivity index (χ1) is 2.27. The Labute approximate surface area is 33.0 Å². The van der Waals surface area contributed by atoms with Gasteiger partial charge in [0, 0.05) is 11.6 Å². The normalized spacial score (nSPS) is 10.6. The zero-order valence-corrected chi connectivity index (χ0v) is 2.89. The summed E-state index contributed by atoms with van der Waals surface area (Å²) in [5.41, 5.74) is 0. The molecule has 0 aromatic heterocycles. The molecule has 0 fully saturated rings. The molecule has 0 unspecified atom stereocenters. The van der Waals surface area contributed by atoms with Crippen LogP contribution in [0.25, 0.3) is 0 Å². The van der Waals surface area contributed by atoms with Crippen LogP contribution in [-0.2, 0) is 0 Å². The molecule has 0 bridgehead atoms. The topological polar surface area (TPSA) is 0 Å². The molecule has 0 saturated heterocycles. The quantitative estimate of drug-likeness (QED) is 0.404. The van der Waals surface area contributed by atoms with Gasteiger partial charge in [-0.2, -0.15) is 0 Å². The van der Waals surface area contributed by atoms with E-state index in [-0.39, 0.29) is 0 Å². The van der Waals surface area contributed by atoms with Crippen LogP contribution in [0, 0.1) is 6.33 Å². The van der Waals surface area contributed by atoms with Gasteiger partial charge in [0.25, 0.3) is 0 Å². The van der Waals surface area contributed by atoms with Crippen LogP contribution in [-0.4, -0.2) is 0 Å². The molecular weight excluding hydrogens is 97.5 g/mol. The molecule has 0 nitrogen and oxygen atoms in total. The van der Waals surface area contributed by atoms with Crippen molar-refractivity contribution in [2.24, 2.45) is 0 Å². The summed E-state index contributed by atoms with van der Waals surface area (Å²) in [7, 11) is 0. The summed E-state index contributed by atoms with van der Waals surface area (Å²) < 4.78 is 20.9. The van der Waals surface area contributed by atoms with Crippen molar-refractivity contribution >= 4 is 11.6 Å². The van der Waals surface area contributed by atoms with Crippen molar-refractivity contribution in [3.63, 3.8) is 0 Å². The molecule has 3 heteroatoms. The zero-order chi connectivity index (χ0) is 4.28. The molecule has 0 amide bonds. The van der Waals surface area contributed by atoms with E-state index in [0.29, 0.717) is 6.33 Å². The molecule has 0 N–H and O–H groups in total. The van der Waals surface area contributed by atoms with Gasteiger partial charge in [0.15, 0.2) is 0 Å². The first-order valence-electron chi connectivity index (χ1n) is 0.817. The van der Waals surface area contributed by atoms with Gasteiger partial charge in [0.1, 0.15) is 0 Å². The molecule has 28 valence electrons. The second kappa shape index (κ2) is 2.06. The van der Waals surface area contributed by atoms with Crippen molar-refractivity contribution in [3.05, 3.63) is 11.6 Å². The molecule has 0 aliphatic carbocycles.